The lowest BCUT2D eigenvalue weighted by molar-refractivity contribution is 0.0954. The average molecular weight is 350 g/mol. The van der Waals surface area contributed by atoms with Crippen LogP contribution in [-0.2, 0) is 0 Å². The Bertz CT molecular complexity index is 715. The van der Waals surface area contributed by atoms with Crippen molar-refractivity contribution in [2.24, 2.45) is 0 Å². The minimum Gasteiger partial charge on any atom is -0.494 e. The number of nitrogens with one attached hydrogen (secondary N) is 1. The molecule has 0 saturated heterocycles. The zero-order chi connectivity index (χ0) is 18.6. The van der Waals surface area contributed by atoms with Crippen molar-refractivity contribution in [2.45, 2.75) is 39.0 Å². The molecule has 2 aromatic carbocycles. The van der Waals surface area contributed by atoms with E-state index in [1.165, 1.54) is 19.3 Å². The van der Waals surface area contributed by atoms with Gasteiger partial charge in [0.15, 0.2) is 0 Å². The summed E-state index contributed by atoms with van der Waals surface area (Å²) in [5, 5.41) is 11.2. The van der Waals surface area contributed by atoms with Crippen molar-refractivity contribution in [3.63, 3.8) is 0 Å². The van der Waals surface area contributed by atoms with Gasteiger partial charge in [-0.15, -0.1) is 0 Å². The number of carbonyl (C=O) groups excluding carboxylic acids is 1. The normalized spacial score (nSPS) is 10.2. The molecule has 2 aromatic rings. The Morgan fingerprint density at radius 2 is 1.65 bits per heavy atom. The minimum absolute atomic E-state index is 0.154. The van der Waals surface area contributed by atoms with Gasteiger partial charge in [-0.05, 0) is 41.8 Å². The maximum atomic E-state index is 11.9. The monoisotopic (exact) mass is 350 g/mol. The third-order valence-electron chi connectivity index (χ3n) is 4.12. The van der Waals surface area contributed by atoms with E-state index < -0.39 is 0 Å². The average Bonchev–Trinajstić information content (AvgIpc) is 2.68. The fraction of sp³-hybridized carbons (Fsp3) is 0.364. The van der Waals surface area contributed by atoms with Gasteiger partial charge in [-0.3, -0.25) is 4.79 Å². The summed E-state index contributed by atoms with van der Waals surface area (Å²) in [6.45, 7) is 3.33. The Kier molecular flexibility index (Phi) is 8.21. The van der Waals surface area contributed by atoms with Crippen LogP contribution >= 0.6 is 0 Å². The van der Waals surface area contributed by atoms with E-state index in [0.717, 1.165) is 29.9 Å². The highest BCUT2D eigenvalue weighted by molar-refractivity contribution is 5.94. The first-order valence-electron chi connectivity index (χ1n) is 9.23. The van der Waals surface area contributed by atoms with Crippen molar-refractivity contribution >= 4 is 5.91 Å². The van der Waals surface area contributed by atoms with E-state index in [9.17, 15) is 4.79 Å². The van der Waals surface area contributed by atoms with Crippen molar-refractivity contribution in [2.75, 3.05) is 13.2 Å². The maximum absolute atomic E-state index is 11.9. The molecule has 0 saturated carbocycles. The third-order valence-corrected chi connectivity index (χ3v) is 4.12. The van der Waals surface area contributed by atoms with Crippen LogP contribution in [0.4, 0.5) is 0 Å². The van der Waals surface area contributed by atoms with Crippen LogP contribution < -0.4 is 10.1 Å². The second kappa shape index (κ2) is 10.9. The largest absolute Gasteiger partial charge is 0.494 e. The van der Waals surface area contributed by atoms with Gasteiger partial charge in [0, 0.05) is 12.1 Å². The second-order valence-electron chi connectivity index (χ2n) is 6.17. The molecule has 0 radical (unpaired) electrons. The molecular formula is C22H26N2O2. The van der Waals surface area contributed by atoms with Crippen LogP contribution in [0.1, 0.15) is 49.4 Å². The van der Waals surface area contributed by atoms with E-state index >= 15 is 0 Å². The molecule has 0 aliphatic carbocycles. The lowest BCUT2D eigenvalue weighted by atomic mass is 10.0. The molecule has 0 heterocycles. The first kappa shape index (κ1) is 19.5. The lowest BCUT2D eigenvalue weighted by Gasteiger charge is -2.08. The van der Waals surface area contributed by atoms with Crippen LogP contribution in [0, 0.1) is 11.3 Å². The summed E-state index contributed by atoms with van der Waals surface area (Å²) in [6.07, 6.45) is 5.11. The van der Waals surface area contributed by atoms with Gasteiger partial charge in [0.05, 0.1) is 19.1 Å². The van der Waals surface area contributed by atoms with Gasteiger partial charge < -0.3 is 10.1 Å². The molecule has 2 rings (SSSR count). The van der Waals surface area contributed by atoms with Gasteiger partial charge in [0.2, 0.25) is 0 Å². The first-order valence-corrected chi connectivity index (χ1v) is 9.23. The zero-order valence-corrected chi connectivity index (χ0v) is 15.3. The first-order chi connectivity index (χ1) is 12.7. The molecule has 26 heavy (non-hydrogen) atoms. The summed E-state index contributed by atoms with van der Waals surface area (Å²) in [6, 6.07) is 17.5. The summed E-state index contributed by atoms with van der Waals surface area (Å²) < 4.78 is 5.76. The number of hydrogen-bond donors (Lipinski definition) is 1. The van der Waals surface area contributed by atoms with Crippen LogP contribution in [0.25, 0.3) is 11.1 Å². The van der Waals surface area contributed by atoms with Crippen LogP contribution in [0.2, 0.25) is 0 Å². The quantitative estimate of drug-likeness (QED) is 0.616. The molecule has 0 aromatic heterocycles. The smallest absolute Gasteiger partial charge is 0.251 e. The summed E-state index contributed by atoms with van der Waals surface area (Å²) in [7, 11) is 0. The molecule has 0 aliphatic heterocycles. The summed E-state index contributed by atoms with van der Waals surface area (Å²) in [4.78, 5) is 11.9. The fourth-order valence-electron chi connectivity index (χ4n) is 2.61. The van der Waals surface area contributed by atoms with Crippen molar-refractivity contribution < 1.29 is 9.53 Å². The number of amides is 1. The Morgan fingerprint density at radius 1 is 1.00 bits per heavy atom. The second-order valence-corrected chi connectivity index (χ2v) is 6.17. The van der Waals surface area contributed by atoms with E-state index in [1.54, 1.807) is 12.1 Å². The fourth-order valence-corrected chi connectivity index (χ4v) is 2.61. The Morgan fingerprint density at radius 3 is 2.27 bits per heavy atom. The van der Waals surface area contributed by atoms with Crippen LogP contribution in [0.3, 0.4) is 0 Å². The van der Waals surface area contributed by atoms with Gasteiger partial charge >= 0.3 is 0 Å². The molecule has 0 aliphatic rings. The number of unbranched alkanes of at least 4 members (excludes halogenated alkanes) is 3. The Labute approximate surface area is 155 Å². The van der Waals surface area contributed by atoms with E-state index in [4.69, 9.17) is 10.00 Å². The van der Waals surface area contributed by atoms with Crippen LogP contribution in [-0.4, -0.2) is 19.1 Å². The molecule has 0 atom stereocenters. The molecule has 4 heteroatoms. The maximum Gasteiger partial charge on any atom is 0.251 e. The van der Waals surface area contributed by atoms with Crippen molar-refractivity contribution in [1.29, 1.82) is 5.26 Å². The Hall–Kier alpha value is -2.80. The predicted octanol–water partition coefficient (Wildman–Crippen LogP) is 4.96. The predicted molar refractivity (Wildman–Crippen MR) is 104 cm³/mol. The number of rotatable bonds is 10. The van der Waals surface area contributed by atoms with Gasteiger partial charge in [-0.25, -0.2) is 0 Å². The van der Waals surface area contributed by atoms with E-state index in [1.807, 2.05) is 42.5 Å². The number of ether oxygens (including phenoxy) is 1. The van der Waals surface area contributed by atoms with Crippen LogP contribution in [0.5, 0.6) is 5.75 Å². The van der Waals surface area contributed by atoms with Gasteiger partial charge in [0.1, 0.15) is 5.75 Å². The number of nitrogens with zero attached hydrogens (tertiary/aromatic N) is 1. The number of benzene rings is 2. The zero-order valence-electron chi connectivity index (χ0n) is 15.3. The van der Waals surface area contributed by atoms with Crippen molar-refractivity contribution in [1.82, 2.24) is 5.32 Å². The van der Waals surface area contributed by atoms with Gasteiger partial charge in [-0.1, -0.05) is 50.5 Å². The molecular weight excluding hydrogens is 324 g/mol. The van der Waals surface area contributed by atoms with Gasteiger partial charge in [-0.2, -0.15) is 5.26 Å². The third kappa shape index (κ3) is 6.25. The highest BCUT2D eigenvalue weighted by Crippen LogP contribution is 2.23. The molecule has 0 bridgehead atoms. The summed E-state index contributed by atoms with van der Waals surface area (Å²) >= 11 is 0. The summed E-state index contributed by atoms with van der Waals surface area (Å²) in [5.41, 5.74) is 2.73. The number of hydrogen-bond acceptors (Lipinski definition) is 3. The molecule has 0 unspecified atom stereocenters. The van der Waals surface area contributed by atoms with Crippen LogP contribution in [0.15, 0.2) is 48.5 Å². The molecule has 4 nitrogen and oxygen atoms in total. The van der Waals surface area contributed by atoms with E-state index in [2.05, 4.69) is 12.2 Å². The standard InChI is InChI=1S/C22H26N2O2/c1-2-3-4-5-17-26-21-13-11-19(12-14-21)18-7-9-20(10-8-18)22(25)24-16-6-15-23/h7-14H,2-6,16-17H2,1H3,(H,24,25). The Balaban J connectivity index is 1.88. The molecule has 136 valence electrons. The number of nitriles is 1. The van der Waals surface area contributed by atoms with Crippen molar-refractivity contribution in [3.8, 4) is 22.9 Å². The number of carbonyl (C=O) groups is 1. The molecule has 0 fully saturated rings. The van der Waals surface area contributed by atoms with E-state index in [0.29, 0.717) is 18.5 Å². The molecule has 1 N–H and O–H groups in total. The van der Waals surface area contributed by atoms with E-state index in [-0.39, 0.29) is 5.91 Å². The summed E-state index contributed by atoms with van der Waals surface area (Å²) in [5.74, 6) is 0.734. The molecule has 0 spiro atoms. The van der Waals surface area contributed by atoms with Gasteiger partial charge in [0.25, 0.3) is 5.91 Å². The SMILES string of the molecule is CCCCCCOc1ccc(-c2ccc(C(=O)NCCC#N)cc2)cc1. The minimum atomic E-state index is -0.154. The van der Waals surface area contributed by atoms with Crippen molar-refractivity contribution in [3.05, 3.63) is 54.1 Å². The topological polar surface area (TPSA) is 62.1 Å². The molecule has 1 amide bonds. The lowest BCUT2D eigenvalue weighted by Crippen LogP contribution is -2.24. The highest BCUT2D eigenvalue weighted by atomic mass is 16.5. The highest BCUT2D eigenvalue weighted by Gasteiger charge is 2.05.